The minimum atomic E-state index is 0.0674. The largest absolute Gasteiger partial charge is 0.392 e. The van der Waals surface area contributed by atoms with Crippen LogP contribution in [0.3, 0.4) is 0 Å². The van der Waals surface area contributed by atoms with Gasteiger partial charge in [0.1, 0.15) is 0 Å². The van der Waals surface area contributed by atoms with Crippen LogP contribution in [0.2, 0.25) is 0 Å². The van der Waals surface area contributed by atoms with E-state index in [1.54, 1.807) is 6.20 Å². The Labute approximate surface area is 95.3 Å². The summed E-state index contributed by atoms with van der Waals surface area (Å²) >= 11 is 0. The molecule has 3 nitrogen and oxygen atoms in total. The van der Waals surface area contributed by atoms with Crippen molar-refractivity contribution in [3.05, 3.63) is 53.3 Å². The van der Waals surface area contributed by atoms with Gasteiger partial charge in [-0.3, -0.25) is 4.68 Å². The van der Waals surface area contributed by atoms with E-state index in [1.807, 2.05) is 22.9 Å². The minimum absolute atomic E-state index is 0.0674. The van der Waals surface area contributed by atoms with Crippen LogP contribution in [0.5, 0.6) is 0 Å². The van der Waals surface area contributed by atoms with Crippen molar-refractivity contribution in [3.63, 3.8) is 0 Å². The van der Waals surface area contributed by atoms with Crippen molar-refractivity contribution in [3.8, 4) is 0 Å². The summed E-state index contributed by atoms with van der Waals surface area (Å²) in [5.41, 5.74) is 3.27. The molecule has 0 atom stereocenters. The number of rotatable bonds is 4. The molecule has 0 unspecified atom stereocenters. The van der Waals surface area contributed by atoms with Crippen molar-refractivity contribution < 1.29 is 5.11 Å². The van der Waals surface area contributed by atoms with E-state index in [-0.39, 0.29) is 6.61 Å². The van der Waals surface area contributed by atoms with Gasteiger partial charge in [0.05, 0.1) is 19.3 Å². The van der Waals surface area contributed by atoms with E-state index in [4.69, 9.17) is 0 Å². The average Bonchev–Trinajstić information content (AvgIpc) is 2.72. The summed E-state index contributed by atoms with van der Waals surface area (Å²) in [6, 6.07) is 10.2. The Morgan fingerprint density at radius 1 is 1.25 bits per heavy atom. The van der Waals surface area contributed by atoms with E-state index in [9.17, 15) is 5.11 Å². The lowest BCUT2D eigenvalue weighted by Crippen LogP contribution is -2.06. The highest BCUT2D eigenvalue weighted by molar-refractivity contribution is 5.20. The molecule has 1 aromatic carbocycles. The Balaban J connectivity index is 2.25. The summed E-state index contributed by atoms with van der Waals surface area (Å²) in [6.45, 7) is 2.92. The highest BCUT2D eigenvalue weighted by atomic mass is 16.3. The molecule has 1 N–H and O–H groups in total. The number of aliphatic hydroxyl groups excluding tert-OH is 1. The third-order valence-electron chi connectivity index (χ3n) is 2.72. The molecule has 16 heavy (non-hydrogen) atoms. The molecule has 2 aromatic rings. The summed E-state index contributed by atoms with van der Waals surface area (Å²) in [5, 5.41) is 13.5. The molecule has 2 rings (SSSR count). The summed E-state index contributed by atoms with van der Waals surface area (Å²) < 4.78 is 1.96. The second-order valence-electron chi connectivity index (χ2n) is 3.77. The molecule has 0 bridgehead atoms. The van der Waals surface area contributed by atoms with Crippen LogP contribution in [0.1, 0.15) is 23.7 Å². The third kappa shape index (κ3) is 2.14. The number of hydrogen-bond donors (Lipinski definition) is 1. The van der Waals surface area contributed by atoms with E-state index in [1.165, 1.54) is 5.56 Å². The van der Waals surface area contributed by atoms with Gasteiger partial charge in [0.25, 0.3) is 0 Å². The van der Waals surface area contributed by atoms with Gasteiger partial charge < -0.3 is 5.11 Å². The molecule has 0 saturated heterocycles. The van der Waals surface area contributed by atoms with Gasteiger partial charge in [-0.2, -0.15) is 5.10 Å². The first-order valence-corrected chi connectivity index (χ1v) is 5.53. The standard InChI is InChI=1S/C13H16N2O/c1-2-13-12(10-16)8-14-15(13)9-11-6-4-3-5-7-11/h3-8,16H,2,9-10H2,1H3. The molecule has 0 aliphatic heterocycles. The fraction of sp³-hybridized carbons (Fsp3) is 0.308. The quantitative estimate of drug-likeness (QED) is 0.848. The van der Waals surface area contributed by atoms with Gasteiger partial charge in [0.15, 0.2) is 0 Å². The molecule has 0 amide bonds. The monoisotopic (exact) mass is 216 g/mol. The molecule has 1 heterocycles. The predicted molar refractivity (Wildman–Crippen MR) is 63.1 cm³/mol. The zero-order valence-corrected chi connectivity index (χ0v) is 9.43. The van der Waals surface area contributed by atoms with E-state index in [2.05, 4.69) is 24.2 Å². The van der Waals surface area contributed by atoms with Crippen LogP contribution >= 0.6 is 0 Å². The maximum Gasteiger partial charge on any atom is 0.0715 e. The molecule has 3 heteroatoms. The van der Waals surface area contributed by atoms with E-state index < -0.39 is 0 Å². The van der Waals surface area contributed by atoms with Crippen LogP contribution in [0.25, 0.3) is 0 Å². The molecule has 0 aliphatic rings. The predicted octanol–water partition coefficient (Wildman–Crippen LogP) is 1.99. The second kappa shape index (κ2) is 4.94. The van der Waals surface area contributed by atoms with Crippen molar-refractivity contribution in [1.29, 1.82) is 0 Å². The Morgan fingerprint density at radius 3 is 2.62 bits per heavy atom. The van der Waals surface area contributed by atoms with Crippen LogP contribution < -0.4 is 0 Å². The lowest BCUT2D eigenvalue weighted by Gasteiger charge is -2.07. The zero-order valence-electron chi connectivity index (χ0n) is 9.43. The van der Waals surface area contributed by atoms with Crippen LogP contribution in [0.15, 0.2) is 36.5 Å². The van der Waals surface area contributed by atoms with Gasteiger partial charge >= 0.3 is 0 Å². The molecule has 0 saturated carbocycles. The molecule has 0 fully saturated rings. The second-order valence-corrected chi connectivity index (χ2v) is 3.77. The van der Waals surface area contributed by atoms with Gasteiger partial charge in [-0.15, -0.1) is 0 Å². The number of aromatic nitrogens is 2. The van der Waals surface area contributed by atoms with Crippen molar-refractivity contribution in [2.24, 2.45) is 0 Å². The van der Waals surface area contributed by atoms with Gasteiger partial charge in [0, 0.05) is 11.3 Å². The third-order valence-corrected chi connectivity index (χ3v) is 2.72. The van der Waals surface area contributed by atoms with Gasteiger partial charge in [-0.1, -0.05) is 37.3 Å². The van der Waals surface area contributed by atoms with Crippen molar-refractivity contribution >= 4 is 0 Å². The first kappa shape index (κ1) is 10.9. The zero-order chi connectivity index (χ0) is 11.4. The molecule has 0 aliphatic carbocycles. The van der Waals surface area contributed by atoms with Crippen LogP contribution in [-0.2, 0) is 19.6 Å². The number of hydrogen-bond acceptors (Lipinski definition) is 2. The normalized spacial score (nSPS) is 10.6. The summed E-state index contributed by atoms with van der Waals surface area (Å²) in [7, 11) is 0. The first-order chi connectivity index (χ1) is 7.85. The number of aliphatic hydroxyl groups is 1. The molecular formula is C13H16N2O. The Kier molecular flexibility index (Phi) is 3.37. The Morgan fingerprint density at radius 2 is 2.00 bits per heavy atom. The molecule has 0 spiro atoms. The average molecular weight is 216 g/mol. The summed E-state index contributed by atoms with van der Waals surface area (Å²) in [4.78, 5) is 0. The van der Waals surface area contributed by atoms with Gasteiger partial charge in [-0.25, -0.2) is 0 Å². The molecule has 0 radical (unpaired) electrons. The maximum absolute atomic E-state index is 9.18. The summed E-state index contributed by atoms with van der Waals surface area (Å²) in [5.74, 6) is 0. The fourth-order valence-corrected chi connectivity index (χ4v) is 1.88. The minimum Gasteiger partial charge on any atom is -0.392 e. The topological polar surface area (TPSA) is 38.1 Å². The van der Waals surface area contributed by atoms with Crippen LogP contribution in [0, 0.1) is 0 Å². The SMILES string of the molecule is CCc1c(CO)cnn1Cc1ccccc1. The Bertz CT molecular complexity index is 448. The maximum atomic E-state index is 9.18. The number of nitrogens with zero attached hydrogens (tertiary/aromatic N) is 2. The van der Waals surface area contributed by atoms with Crippen LogP contribution in [-0.4, -0.2) is 14.9 Å². The lowest BCUT2D eigenvalue weighted by molar-refractivity contribution is 0.280. The molecule has 1 aromatic heterocycles. The summed E-state index contributed by atoms with van der Waals surface area (Å²) in [6.07, 6.45) is 2.64. The van der Waals surface area contributed by atoms with E-state index in [0.717, 1.165) is 24.2 Å². The molecule has 84 valence electrons. The van der Waals surface area contributed by atoms with Crippen molar-refractivity contribution in [1.82, 2.24) is 9.78 Å². The van der Waals surface area contributed by atoms with Crippen molar-refractivity contribution in [2.75, 3.05) is 0 Å². The molecular weight excluding hydrogens is 200 g/mol. The first-order valence-electron chi connectivity index (χ1n) is 5.53. The lowest BCUT2D eigenvalue weighted by atomic mass is 10.2. The van der Waals surface area contributed by atoms with E-state index in [0.29, 0.717) is 0 Å². The van der Waals surface area contributed by atoms with Crippen LogP contribution in [0.4, 0.5) is 0 Å². The smallest absolute Gasteiger partial charge is 0.0715 e. The Hall–Kier alpha value is -1.61. The van der Waals surface area contributed by atoms with Gasteiger partial charge in [0.2, 0.25) is 0 Å². The number of benzene rings is 1. The highest BCUT2D eigenvalue weighted by Crippen LogP contribution is 2.11. The van der Waals surface area contributed by atoms with E-state index >= 15 is 0 Å². The fourth-order valence-electron chi connectivity index (χ4n) is 1.88. The van der Waals surface area contributed by atoms with Gasteiger partial charge in [-0.05, 0) is 12.0 Å². The highest BCUT2D eigenvalue weighted by Gasteiger charge is 2.07. The van der Waals surface area contributed by atoms with Crippen molar-refractivity contribution in [2.45, 2.75) is 26.5 Å².